The lowest BCUT2D eigenvalue weighted by Gasteiger charge is -2.24. The molecular weight excluding hydrogens is 801 g/mol. The molecule has 0 radical (unpaired) electrons. The summed E-state index contributed by atoms with van der Waals surface area (Å²) in [6.45, 7) is 14.8. The summed E-state index contributed by atoms with van der Waals surface area (Å²) in [7, 11) is -3.29. The van der Waals surface area contributed by atoms with Gasteiger partial charge in [-0.25, -0.2) is 0 Å². The van der Waals surface area contributed by atoms with E-state index < -0.39 is 16.1 Å². The van der Waals surface area contributed by atoms with Gasteiger partial charge >= 0.3 is 0 Å². The Morgan fingerprint density at radius 3 is 0.969 bits per heavy atom. The Bertz CT molecular complexity index is 3600. The van der Waals surface area contributed by atoms with Gasteiger partial charge in [0.25, 0.3) is 0 Å². The molecule has 2 heteroatoms. The van der Waals surface area contributed by atoms with Gasteiger partial charge in [0.1, 0.15) is 0 Å². The van der Waals surface area contributed by atoms with Crippen LogP contribution in [0.4, 0.5) is 0 Å². The maximum atomic E-state index is 2.51. The van der Waals surface area contributed by atoms with Crippen LogP contribution in [0, 0.1) is 0 Å². The molecule has 0 aromatic heterocycles. The molecule has 0 aliphatic rings. The van der Waals surface area contributed by atoms with Gasteiger partial charge in [-0.2, -0.15) is 0 Å². The molecule has 0 nitrogen and oxygen atoms in total. The zero-order chi connectivity index (χ0) is 43.5. The first-order valence-corrected chi connectivity index (χ1v) is 29.8. The maximum absolute atomic E-state index is 2.51. The fourth-order valence-corrected chi connectivity index (χ4v) is 14.2. The highest BCUT2D eigenvalue weighted by Gasteiger charge is 2.26. The lowest BCUT2D eigenvalue weighted by Crippen LogP contribution is -2.38. The van der Waals surface area contributed by atoms with Crippen LogP contribution in [0.2, 0.25) is 39.3 Å². The molecule has 0 amide bonds. The molecule has 0 saturated carbocycles. The van der Waals surface area contributed by atoms with E-state index in [9.17, 15) is 0 Å². The summed E-state index contributed by atoms with van der Waals surface area (Å²) in [6, 6.07) is 74.4. The van der Waals surface area contributed by atoms with Crippen LogP contribution >= 0.6 is 0 Å². The van der Waals surface area contributed by atoms with E-state index in [-0.39, 0.29) is 0 Å². The second kappa shape index (κ2) is 14.3. The van der Waals surface area contributed by atoms with Gasteiger partial charge in [0.05, 0.1) is 16.1 Å². The SMILES string of the molecule is C[Si](C)(C)c1ccc(-c2cc(-c3ccc4ccccc4c3)c3ccc4c(-c5ccc([Si](C)(C)C)c6ccccc56)cc(-c5ccc6ccccc6c5)c5ccc2c3c54)c2ccccc12. The molecule has 64 heavy (non-hydrogen) atoms. The first-order valence-electron chi connectivity index (χ1n) is 22.8. The quantitative estimate of drug-likeness (QED) is 0.115. The topological polar surface area (TPSA) is 0 Å². The average molecular weight is 851 g/mol. The van der Waals surface area contributed by atoms with Crippen molar-refractivity contribution in [1.29, 1.82) is 0 Å². The van der Waals surface area contributed by atoms with Gasteiger partial charge in [-0.3, -0.25) is 0 Å². The first-order chi connectivity index (χ1) is 31.0. The van der Waals surface area contributed by atoms with E-state index >= 15 is 0 Å². The number of benzene rings is 12. The van der Waals surface area contributed by atoms with E-state index in [1.54, 1.807) is 0 Å². The van der Waals surface area contributed by atoms with Crippen molar-refractivity contribution in [1.82, 2.24) is 0 Å². The molecule has 0 fully saturated rings. The second-order valence-electron chi connectivity index (χ2n) is 20.1. The van der Waals surface area contributed by atoms with Crippen LogP contribution in [0.25, 0.3) is 120 Å². The lowest BCUT2D eigenvalue weighted by atomic mass is 9.81. The third-order valence-corrected chi connectivity index (χ3v) is 18.2. The van der Waals surface area contributed by atoms with Crippen molar-refractivity contribution < 1.29 is 0 Å². The minimum absolute atomic E-state index is 1.24. The zero-order valence-corrected chi connectivity index (χ0v) is 39.5. The summed E-state index contributed by atoms with van der Waals surface area (Å²) in [4.78, 5) is 0. The van der Waals surface area contributed by atoms with Crippen LogP contribution in [0.5, 0.6) is 0 Å². The van der Waals surface area contributed by atoms with E-state index in [1.165, 1.54) is 130 Å². The maximum Gasteiger partial charge on any atom is 0.0784 e. The van der Waals surface area contributed by atoms with Crippen molar-refractivity contribution in [2.24, 2.45) is 0 Å². The predicted octanol–water partition coefficient (Wildman–Crippen LogP) is 17.0. The van der Waals surface area contributed by atoms with Crippen molar-refractivity contribution in [3.63, 3.8) is 0 Å². The molecule has 0 unspecified atom stereocenters. The third-order valence-electron chi connectivity index (χ3n) is 14.1. The highest BCUT2D eigenvalue weighted by molar-refractivity contribution is 6.91. The molecule has 12 aromatic rings. The summed E-state index contributed by atoms with van der Waals surface area (Å²) >= 11 is 0. The fourth-order valence-electron chi connectivity index (χ4n) is 11.0. The molecule has 0 saturated heterocycles. The second-order valence-corrected chi connectivity index (χ2v) is 30.1. The minimum atomic E-state index is -1.64. The molecule has 12 rings (SSSR count). The van der Waals surface area contributed by atoms with E-state index in [2.05, 4.69) is 233 Å². The van der Waals surface area contributed by atoms with Crippen LogP contribution in [0.1, 0.15) is 0 Å². The smallest absolute Gasteiger partial charge is 0.0656 e. The lowest BCUT2D eigenvalue weighted by molar-refractivity contribution is 1.65. The van der Waals surface area contributed by atoms with Crippen molar-refractivity contribution in [3.05, 3.63) is 194 Å². The Morgan fingerprint density at radius 1 is 0.234 bits per heavy atom. The van der Waals surface area contributed by atoms with Gasteiger partial charge < -0.3 is 0 Å². The Labute approximate surface area is 377 Å². The number of hydrogen-bond donors (Lipinski definition) is 0. The monoisotopic (exact) mass is 850 g/mol. The normalized spacial score (nSPS) is 12.5. The number of fused-ring (bicyclic) bond motifs is 4. The Balaban J connectivity index is 1.26. The van der Waals surface area contributed by atoms with Crippen LogP contribution in [0.3, 0.4) is 0 Å². The molecule has 0 atom stereocenters. The Morgan fingerprint density at radius 2 is 0.578 bits per heavy atom. The van der Waals surface area contributed by atoms with Gasteiger partial charge in [0, 0.05) is 0 Å². The summed E-state index contributed by atoms with van der Waals surface area (Å²) < 4.78 is 0. The van der Waals surface area contributed by atoms with E-state index in [0.717, 1.165) is 0 Å². The molecule has 0 heterocycles. The minimum Gasteiger partial charge on any atom is -0.0656 e. The van der Waals surface area contributed by atoms with Crippen molar-refractivity contribution in [3.8, 4) is 44.5 Å². The molecule has 0 aliphatic carbocycles. The summed E-state index contributed by atoms with van der Waals surface area (Å²) in [6.07, 6.45) is 0. The standard InChI is InChI=1S/C62H50Si2/c1-63(2,3)59-33-31-47(45-19-11-13-21-49(45)59)57-37-55(43-25-23-39-15-7-9-17-41(39)35-43)51-28-30-54-58(48-32-34-60(64(4,5)6)50-22-14-12-20-46(48)50)38-56(52-27-29-53(57)61(51)62(52)54)44-26-24-40-16-8-10-18-42(40)36-44/h7-38H,1-6H3. The fraction of sp³-hybridized carbons (Fsp3) is 0.0968. The molecule has 0 N–H and O–H groups in total. The highest BCUT2D eigenvalue weighted by Crippen LogP contribution is 2.50. The molecule has 306 valence electrons. The largest absolute Gasteiger partial charge is 0.0784 e. The summed E-state index contributed by atoms with van der Waals surface area (Å²) in [5.41, 5.74) is 10.2. The molecule has 0 bridgehead atoms. The highest BCUT2D eigenvalue weighted by atomic mass is 28.3. The van der Waals surface area contributed by atoms with Crippen LogP contribution < -0.4 is 10.4 Å². The van der Waals surface area contributed by atoms with Crippen molar-refractivity contribution in [2.45, 2.75) is 39.3 Å². The van der Waals surface area contributed by atoms with Crippen LogP contribution in [-0.2, 0) is 0 Å². The molecule has 0 spiro atoms. The molecule has 0 aliphatic heterocycles. The van der Waals surface area contributed by atoms with Gasteiger partial charge in [-0.05, 0) is 144 Å². The number of rotatable bonds is 6. The summed E-state index contributed by atoms with van der Waals surface area (Å²) in [5, 5.41) is 21.3. The molecular formula is C62H50Si2. The number of hydrogen-bond acceptors (Lipinski definition) is 0. The summed E-state index contributed by atoms with van der Waals surface area (Å²) in [5.74, 6) is 0. The third kappa shape index (κ3) is 6.08. The van der Waals surface area contributed by atoms with Gasteiger partial charge in [0.15, 0.2) is 0 Å². The van der Waals surface area contributed by atoms with E-state index in [4.69, 9.17) is 0 Å². The van der Waals surface area contributed by atoms with Crippen molar-refractivity contribution >= 4 is 102 Å². The zero-order valence-electron chi connectivity index (χ0n) is 37.5. The van der Waals surface area contributed by atoms with Gasteiger partial charge in [-0.15, -0.1) is 0 Å². The van der Waals surface area contributed by atoms with E-state index in [0.29, 0.717) is 0 Å². The van der Waals surface area contributed by atoms with Gasteiger partial charge in [0.2, 0.25) is 0 Å². The first kappa shape index (κ1) is 38.8. The van der Waals surface area contributed by atoms with Crippen LogP contribution in [0.15, 0.2) is 194 Å². The van der Waals surface area contributed by atoms with Gasteiger partial charge in [-0.1, -0.05) is 220 Å². The Hall–Kier alpha value is -6.85. The van der Waals surface area contributed by atoms with Crippen molar-refractivity contribution in [2.75, 3.05) is 0 Å². The van der Waals surface area contributed by atoms with E-state index in [1.807, 2.05) is 0 Å². The Kier molecular flexibility index (Phi) is 8.69. The van der Waals surface area contributed by atoms with Crippen LogP contribution in [-0.4, -0.2) is 16.1 Å². The molecule has 12 aromatic carbocycles. The predicted molar refractivity (Wildman–Crippen MR) is 288 cm³/mol. The average Bonchev–Trinajstić information content (AvgIpc) is 3.31.